The van der Waals surface area contributed by atoms with E-state index >= 15 is 0 Å². The third-order valence-electron chi connectivity index (χ3n) is 6.45. The van der Waals surface area contributed by atoms with E-state index in [1.54, 1.807) is 6.07 Å². The van der Waals surface area contributed by atoms with Gasteiger partial charge < -0.3 is 10.6 Å². The van der Waals surface area contributed by atoms with Gasteiger partial charge in [0.2, 0.25) is 0 Å². The zero-order valence-electron chi connectivity index (χ0n) is 19.6. The number of pyridine rings is 1. The molecule has 4 nitrogen and oxygen atoms in total. The first-order valence-electron chi connectivity index (χ1n) is 11.7. The molecule has 1 aliphatic rings. The summed E-state index contributed by atoms with van der Waals surface area (Å²) in [6.45, 7) is 1.88. The van der Waals surface area contributed by atoms with Crippen molar-refractivity contribution < 1.29 is 22.4 Å². The molecule has 0 bridgehead atoms. The number of hydrogen-bond donors (Lipinski definition) is 2. The van der Waals surface area contributed by atoms with Crippen LogP contribution in [-0.4, -0.2) is 17.1 Å². The normalized spacial score (nSPS) is 15.9. The van der Waals surface area contributed by atoms with E-state index in [2.05, 4.69) is 15.6 Å². The van der Waals surface area contributed by atoms with E-state index in [1.807, 2.05) is 25.1 Å². The summed E-state index contributed by atoms with van der Waals surface area (Å²) in [5.41, 5.74) is -0.968. The summed E-state index contributed by atoms with van der Waals surface area (Å²) in [5.74, 6) is -1.07. The van der Waals surface area contributed by atoms with Crippen molar-refractivity contribution >= 4 is 17.6 Å². The molecule has 36 heavy (non-hydrogen) atoms. The molecule has 1 aromatic heterocycles. The molecule has 1 atom stereocenters. The van der Waals surface area contributed by atoms with Crippen LogP contribution in [-0.2, 0) is 18.1 Å². The molecule has 0 aliphatic heterocycles. The van der Waals surface area contributed by atoms with Gasteiger partial charge in [0.1, 0.15) is 11.4 Å². The highest BCUT2D eigenvalue weighted by molar-refractivity contribution is 6.30. The van der Waals surface area contributed by atoms with Crippen LogP contribution in [0.15, 0.2) is 60.8 Å². The van der Waals surface area contributed by atoms with E-state index in [4.69, 9.17) is 11.6 Å². The quantitative estimate of drug-likeness (QED) is 0.347. The SMILES string of the molecule is Cc1cccc(CC(NC(=O)NC2CCCC2)(c2cc(F)cc(C(F)(F)F)c2)c2ccc(Cl)cn2)c1. The number of nitrogens with zero attached hydrogens (tertiary/aromatic N) is 1. The van der Waals surface area contributed by atoms with Gasteiger partial charge in [-0.1, -0.05) is 54.3 Å². The molecule has 4 rings (SSSR count). The van der Waals surface area contributed by atoms with Crippen LogP contribution in [0, 0.1) is 12.7 Å². The molecule has 0 radical (unpaired) electrons. The Kier molecular flexibility index (Phi) is 7.54. The summed E-state index contributed by atoms with van der Waals surface area (Å²) in [6, 6.07) is 12.1. The maximum absolute atomic E-state index is 14.7. The van der Waals surface area contributed by atoms with E-state index in [0.29, 0.717) is 11.1 Å². The van der Waals surface area contributed by atoms with Crippen LogP contribution in [0.1, 0.15) is 53.6 Å². The van der Waals surface area contributed by atoms with Gasteiger partial charge >= 0.3 is 12.2 Å². The van der Waals surface area contributed by atoms with Crippen LogP contribution in [0.4, 0.5) is 22.4 Å². The number of aryl methyl sites for hydroxylation is 1. The number of halogens is 5. The van der Waals surface area contributed by atoms with Crippen LogP contribution in [0.2, 0.25) is 5.02 Å². The van der Waals surface area contributed by atoms with Crippen molar-refractivity contribution in [2.75, 3.05) is 0 Å². The summed E-state index contributed by atoms with van der Waals surface area (Å²) >= 11 is 6.05. The van der Waals surface area contributed by atoms with Gasteiger partial charge in [0.15, 0.2) is 0 Å². The second kappa shape index (κ2) is 10.5. The van der Waals surface area contributed by atoms with Gasteiger partial charge in [-0.25, -0.2) is 9.18 Å². The Hall–Kier alpha value is -3.13. The molecule has 1 fully saturated rings. The number of alkyl halides is 3. The van der Waals surface area contributed by atoms with Gasteiger partial charge in [0.25, 0.3) is 0 Å². The zero-order valence-corrected chi connectivity index (χ0v) is 20.4. The van der Waals surface area contributed by atoms with Crippen molar-refractivity contribution in [2.24, 2.45) is 0 Å². The molecule has 9 heteroatoms. The maximum atomic E-state index is 14.7. The van der Waals surface area contributed by atoms with Gasteiger partial charge in [-0.15, -0.1) is 0 Å². The van der Waals surface area contributed by atoms with Crippen LogP contribution in [0.25, 0.3) is 0 Å². The molecule has 2 N–H and O–H groups in total. The fraction of sp³-hybridized carbons (Fsp3) is 0.333. The van der Waals surface area contributed by atoms with Crippen molar-refractivity contribution in [3.8, 4) is 0 Å². The largest absolute Gasteiger partial charge is 0.416 e. The zero-order chi connectivity index (χ0) is 25.9. The number of rotatable bonds is 6. The van der Waals surface area contributed by atoms with Gasteiger partial charge in [-0.2, -0.15) is 13.2 Å². The molecule has 0 spiro atoms. The Labute approximate surface area is 212 Å². The third kappa shape index (κ3) is 5.98. The Bertz CT molecular complexity index is 1230. The van der Waals surface area contributed by atoms with Crippen molar-refractivity contribution in [1.82, 2.24) is 15.6 Å². The third-order valence-corrected chi connectivity index (χ3v) is 6.68. The molecule has 1 heterocycles. The van der Waals surface area contributed by atoms with E-state index in [0.717, 1.165) is 48.9 Å². The predicted octanol–water partition coefficient (Wildman–Crippen LogP) is 6.93. The minimum absolute atomic E-state index is 0.0299. The smallest absolute Gasteiger partial charge is 0.335 e. The summed E-state index contributed by atoms with van der Waals surface area (Å²) in [4.78, 5) is 17.6. The molecule has 2 aromatic carbocycles. The lowest BCUT2D eigenvalue weighted by Gasteiger charge is -2.36. The van der Waals surface area contributed by atoms with Gasteiger partial charge in [-0.05, 0) is 61.2 Å². The van der Waals surface area contributed by atoms with E-state index in [1.165, 1.54) is 18.3 Å². The van der Waals surface area contributed by atoms with Gasteiger partial charge in [0, 0.05) is 18.7 Å². The number of aromatic nitrogens is 1. The number of carbonyl (C=O) groups is 1. The summed E-state index contributed by atoms with van der Waals surface area (Å²) < 4.78 is 55.8. The highest BCUT2D eigenvalue weighted by Gasteiger charge is 2.41. The van der Waals surface area contributed by atoms with Crippen molar-refractivity contribution in [2.45, 2.75) is 56.8 Å². The second-order valence-corrected chi connectivity index (χ2v) is 9.68. The average Bonchev–Trinajstić information content (AvgIpc) is 3.31. The lowest BCUT2D eigenvalue weighted by molar-refractivity contribution is -0.137. The molecule has 190 valence electrons. The first-order valence-corrected chi connectivity index (χ1v) is 12.1. The molecule has 0 saturated heterocycles. The van der Waals surface area contributed by atoms with E-state index in [9.17, 15) is 22.4 Å². The Morgan fingerprint density at radius 2 is 1.78 bits per heavy atom. The topological polar surface area (TPSA) is 54.0 Å². The highest BCUT2D eigenvalue weighted by Crippen LogP contribution is 2.38. The number of amides is 2. The van der Waals surface area contributed by atoms with Crippen LogP contribution >= 0.6 is 11.6 Å². The first kappa shape index (κ1) is 25.9. The van der Waals surface area contributed by atoms with Crippen molar-refractivity contribution in [3.63, 3.8) is 0 Å². The fourth-order valence-corrected chi connectivity index (χ4v) is 4.87. The second-order valence-electron chi connectivity index (χ2n) is 9.24. The average molecular weight is 520 g/mol. The molecule has 1 unspecified atom stereocenters. The number of benzene rings is 2. The van der Waals surface area contributed by atoms with Crippen molar-refractivity contribution in [3.05, 3.63) is 99.6 Å². The van der Waals surface area contributed by atoms with Crippen LogP contribution in [0.3, 0.4) is 0 Å². The van der Waals surface area contributed by atoms with Crippen LogP contribution in [0.5, 0.6) is 0 Å². The van der Waals surface area contributed by atoms with Crippen molar-refractivity contribution in [1.29, 1.82) is 0 Å². The predicted molar refractivity (Wildman–Crippen MR) is 130 cm³/mol. The van der Waals surface area contributed by atoms with Gasteiger partial charge in [0.05, 0.1) is 16.3 Å². The lowest BCUT2D eigenvalue weighted by Crippen LogP contribution is -2.54. The summed E-state index contributed by atoms with van der Waals surface area (Å²) in [5, 5.41) is 6.13. The molecule has 1 aliphatic carbocycles. The Balaban J connectivity index is 1.90. The lowest BCUT2D eigenvalue weighted by atomic mass is 9.79. The fourth-order valence-electron chi connectivity index (χ4n) is 4.76. The number of hydrogen-bond acceptors (Lipinski definition) is 2. The number of urea groups is 1. The monoisotopic (exact) mass is 519 g/mol. The molecule has 3 aromatic rings. The Morgan fingerprint density at radius 3 is 2.42 bits per heavy atom. The highest BCUT2D eigenvalue weighted by atomic mass is 35.5. The van der Waals surface area contributed by atoms with E-state index in [-0.39, 0.29) is 23.7 Å². The molecular weight excluding hydrogens is 494 g/mol. The molecule has 1 saturated carbocycles. The minimum atomic E-state index is -4.79. The summed E-state index contributed by atoms with van der Waals surface area (Å²) in [7, 11) is 0. The Morgan fingerprint density at radius 1 is 1.06 bits per heavy atom. The van der Waals surface area contributed by atoms with Gasteiger partial charge in [-0.3, -0.25) is 4.98 Å². The molecular formula is C27H26ClF4N3O. The summed E-state index contributed by atoms with van der Waals surface area (Å²) in [6.07, 6.45) is 0.190. The van der Waals surface area contributed by atoms with E-state index < -0.39 is 29.1 Å². The first-order chi connectivity index (χ1) is 17.0. The minimum Gasteiger partial charge on any atom is -0.335 e. The molecule has 2 amide bonds. The standard InChI is InChI=1S/C27H26ClF4N3O/c1-17-5-4-6-18(11-17)15-26(24-10-9-21(28)16-33-24,35-25(36)34-23-7-2-3-8-23)19-12-20(27(30,31)32)14-22(29)13-19/h4-6,9-14,16,23H,2-3,7-8,15H2,1H3,(H2,34,35,36). The number of nitrogens with one attached hydrogen (secondary N) is 2. The van der Waals surface area contributed by atoms with Crippen LogP contribution < -0.4 is 10.6 Å². The number of carbonyl (C=O) groups excluding carboxylic acids is 1. The maximum Gasteiger partial charge on any atom is 0.416 e.